The van der Waals surface area contributed by atoms with E-state index >= 15 is 0 Å². The van der Waals surface area contributed by atoms with Gasteiger partial charge in [-0.2, -0.15) is 0 Å². The summed E-state index contributed by atoms with van der Waals surface area (Å²) < 4.78 is 0. The van der Waals surface area contributed by atoms with Crippen LogP contribution in [-0.4, -0.2) is 0 Å². The molecule has 0 saturated heterocycles. The van der Waals surface area contributed by atoms with Crippen LogP contribution in [0.3, 0.4) is 0 Å². The standard InChI is InChI=1S/C6H14.2C5H12.C2H6/c1-5-6(2,3)4;2*1-5(2,3)4;1-2/h5H2,1-4H3;2*1-4H3;1-2H3. The van der Waals surface area contributed by atoms with Crippen LogP contribution in [0.25, 0.3) is 0 Å². The monoisotopic (exact) mass is 260 g/mol. The Balaban J connectivity index is -0.0000000766. The van der Waals surface area contributed by atoms with E-state index in [1.807, 2.05) is 13.8 Å². The third-order valence-corrected chi connectivity index (χ3v) is 1.06. The first-order valence-electron chi connectivity index (χ1n) is 7.56. The Morgan fingerprint density at radius 3 is 0.556 bits per heavy atom. The summed E-state index contributed by atoms with van der Waals surface area (Å²) in [4.78, 5) is 0. The molecule has 0 amide bonds. The van der Waals surface area contributed by atoms with Crippen molar-refractivity contribution in [1.82, 2.24) is 0 Å². The minimum Gasteiger partial charge on any atom is -0.0683 e. The summed E-state index contributed by atoms with van der Waals surface area (Å²) in [6.07, 6.45) is 1.27. The summed E-state index contributed by atoms with van der Waals surface area (Å²) in [5, 5.41) is 0. The Kier molecular flexibility index (Phi) is 17.8. The van der Waals surface area contributed by atoms with Crippen LogP contribution in [-0.2, 0) is 0 Å². The molecule has 0 fully saturated rings. The number of hydrogen-bond donors (Lipinski definition) is 0. The second kappa shape index (κ2) is 12.1. The van der Waals surface area contributed by atoms with Gasteiger partial charge in [-0.1, -0.05) is 103 Å². The topological polar surface area (TPSA) is 0 Å². The second-order valence-electron chi connectivity index (χ2n) is 8.91. The average molecular weight is 261 g/mol. The quantitative estimate of drug-likeness (QED) is 0.421. The van der Waals surface area contributed by atoms with Crippen molar-refractivity contribution in [3.63, 3.8) is 0 Å². The smallest absolute Gasteiger partial charge is 0.0385 e. The first-order chi connectivity index (χ1) is 7.56. The molecule has 0 unspecified atom stereocenters. The molecule has 0 aliphatic heterocycles. The average Bonchev–Trinajstić information content (AvgIpc) is 2.00. The van der Waals surface area contributed by atoms with Crippen molar-refractivity contribution >= 4 is 0 Å². The van der Waals surface area contributed by atoms with Gasteiger partial charge in [0.25, 0.3) is 0 Å². The lowest BCUT2D eigenvalue weighted by atomic mass is 9.94. The van der Waals surface area contributed by atoms with E-state index in [-0.39, 0.29) is 0 Å². The zero-order valence-corrected chi connectivity index (χ0v) is 16.2. The molecule has 0 aliphatic rings. The number of hydrogen-bond acceptors (Lipinski definition) is 0. The van der Waals surface area contributed by atoms with Gasteiger partial charge < -0.3 is 0 Å². The van der Waals surface area contributed by atoms with Gasteiger partial charge >= 0.3 is 0 Å². The van der Waals surface area contributed by atoms with Crippen molar-refractivity contribution < 1.29 is 0 Å². The highest BCUT2D eigenvalue weighted by molar-refractivity contribution is 4.55. The molecule has 0 spiro atoms. The molecule has 0 aromatic carbocycles. The van der Waals surface area contributed by atoms with Crippen molar-refractivity contribution in [3.05, 3.63) is 0 Å². The van der Waals surface area contributed by atoms with Crippen LogP contribution >= 0.6 is 0 Å². The fourth-order valence-electron chi connectivity index (χ4n) is 0. The predicted octanol–water partition coefficient (Wildman–Crippen LogP) is 7.57. The van der Waals surface area contributed by atoms with Crippen molar-refractivity contribution in [1.29, 1.82) is 0 Å². The lowest BCUT2D eigenvalue weighted by Gasteiger charge is -2.12. The Labute approximate surface area is 120 Å². The van der Waals surface area contributed by atoms with Crippen LogP contribution in [0, 0.1) is 16.2 Å². The van der Waals surface area contributed by atoms with E-state index in [1.165, 1.54) is 6.42 Å². The Morgan fingerprint density at radius 2 is 0.556 bits per heavy atom. The molecular formula is C18H44. The highest BCUT2D eigenvalue weighted by atomic mass is 14.1. The largest absolute Gasteiger partial charge is 0.0683 e. The van der Waals surface area contributed by atoms with Gasteiger partial charge in [-0.15, -0.1) is 0 Å². The summed E-state index contributed by atoms with van der Waals surface area (Å²) in [7, 11) is 0. The van der Waals surface area contributed by atoms with Gasteiger partial charge in [0.15, 0.2) is 0 Å². The lowest BCUT2D eigenvalue weighted by Crippen LogP contribution is -2.00. The van der Waals surface area contributed by atoms with Gasteiger partial charge in [-0.3, -0.25) is 0 Å². The molecule has 0 N–H and O–H groups in total. The molecule has 0 bridgehead atoms. The van der Waals surface area contributed by atoms with Crippen molar-refractivity contribution in [2.45, 2.75) is 103 Å². The molecule has 0 aliphatic carbocycles. The molecule has 18 heavy (non-hydrogen) atoms. The summed E-state index contributed by atoms with van der Waals surface area (Å²) in [6, 6.07) is 0. The fraction of sp³-hybridized carbons (Fsp3) is 1.00. The summed E-state index contributed by atoms with van der Waals surface area (Å²) >= 11 is 0. The molecule has 0 rings (SSSR count). The first-order valence-corrected chi connectivity index (χ1v) is 7.56. The van der Waals surface area contributed by atoms with Crippen molar-refractivity contribution in [2.24, 2.45) is 16.2 Å². The minimum atomic E-state index is 0.500. The maximum absolute atomic E-state index is 2.24. The van der Waals surface area contributed by atoms with Gasteiger partial charge in [-0.25, -0.2) is 0 Å². The van der Waals surface area contributed by atoms with E-state index in [2.05, 4.69) is 83.1 Å². The Hall–Kier alpha value is 0. The van der Waals surface area contributed by atoms with Gasteiger partial charge in [0.05, 0.1) is 0 Å². The van der Waals surface area contributed by atoms with Gasteiger partial charge in [0.2, 0.25) is 0 Å². The molecule has 0 aromatic heterocycles. The van der Waals surface area contributed by atoms with Crippen molar-refractivity contribution in [3.8, 4) is 0 Å². The number of rotatable bonds is 0. The molecule has 116 valence electrons. The molecular weight excluding hydrogens is 216 g/mol. The molecule has 0 heteroatoms. The highest BCUT2D eigenvalue weighted by Gasteiger charge is 2.03. The molecule has 0 saturated carbocycles. The zero-order chi connectivity index (χ0) is 16.2. The maximum atomic E-state index is 2.24. The van der Waals surface area contributed by atoms with Crippen LogP contribution in [0.1, 0.15) is 103 Å². The zero-order valence-electron chi connectivity index (χ0n) is 16.2. The second-order valence-corrected chi connectivity index (χ2v) is 8.91. The van der Waals surface area contributed by atoms with E-state index in [0.717, 1.165) is 0 Å². The molecule has 0 radical (unpaired) electrons. The van der Waals surface area contributed by atoms with E-state index < -0.39 is 0 Å². The van der Waals surface area contributed by atoms with E-state index in [1.54, 1.807) is 0 Å². The van der Waals surface area contributed by atoms with Gasteiger partial charge in [-0.05, 0) is 16.2 Å². The third-order valence-electron chi connectivity index (χ3n) is 1.06. The van der Waals surface area contributed by atoms with Crippen LogP contribution in [0.4, 0.5) is 0 Å². The van der Waals surface area contributed by atoms with Crippen LogP contribution in [0.15, 0.2) is 0 Å². The predicted molar refractivity (Wildman–Crippen MR) is 91.4 cm³/mol. The minimum absolute atomic E-state index is 0.500. The van der Waals surface area contributed by atoms with E-state index in [9.17, 15) is 0 Å². The molecule has 0 aromatic rings. The Morgan fingerprint density at radius 1 is 0.500 bits per heavy atom. The van der Waals surface area contributed by atoms with E-state index in [0.29, 0.717) is 16.2 Å². The Bertz CT molecular complexity index is 109. The SMILES string of the molecule is CC.CC(C)(C)C.CC(C)(C)C.CCC(C)(C)C. The van der Waals surface area contributed by atoms with Crippen LogP contribution in [0.5, 0.6) is 0 Å². The van der Waals surface area contributed by atoms with Gasteiger partial charge in [0, 0.05) is 0 Å². The first kappa shape index (κ1) is 26.5. The van der Waals surface area contributed by atoms with Crippen LogP contribution in [0.2, 0.25) is 0 Å². The maximum Gasteiger partial charge on any atom is -0.0385 e. The summed E-state index contributed by atoms with van der Waals surface area (Å²) in [5.74, 6) is 0. The molecule has 0 heterocycles. The normalized spacial score (nSPS) is 11.0. The fourth-order valence-corrected chi connectivity index (χ4v) is 0. The molecule has 0 nitrogen and oxygen atoms in total. The van der Waals surface area contributed by atoms with Crippen LogP contribution < -0.4 is 0 Å². The molecule has 0 atom stereocenters. The lowest BCUT2D eigenvalue weighted by molar-refractivity contribution is 0.398. The van der Waals surface area contributed by atoms with E-state index in [4.69, 9.17) is 0 Å². The third kappa shape index (κ3) is 400. The summed E-state index contributed by atoms with van der Waals surface area (Å²) in [5.41, 5.74) is 1.54. The summed E-state index contributed by atoms with van der Waals surface area (Å²) in [6.45, 7) is 30.4. The highest BCUT2D eigenvalue weighted by Crippen LogP contribution is 2.16. The van der Waals surface area contributed by atoms with Gasteiger partial charge in [0.1, 0.15) is 0 Å². The van der Waals surface area contributed by atoms with Crippen molar-refractivity contribution in [2.75, 3.05) is 0 Å².